The molecule has 0 aliphatic carbocycles. The van der Waals surface area contributed by atoms with Gasteiger partial charge in [-0.3, -0.25) is 13.9 Å². The predicted octanol–water partition coefficient (Wildman–Crippen LogP) is 3.46. The van der Waals surface area contributed by atoms with Crippen LogP contribution in [0.3, 0.4) is 0 Å². The van der Waals surface area contributed by atoms with E-state index in [1.54, 1.807) is 31.2 Å². The third-order valence-electron chi connectivity index (χ3n) is 5.57. The van der Waals surface area contributed by atoms with Gasteiger partial charge in [0.2, 0.25) is 21.8 Å². The fourth-order valence-corrected chi connectivity index (χ4v) is 4.49. The molecule has 8 nitrogen and oxygen atoms in total. The highest BCUT2D eigenvalue weighted by Crippen LogP contribution is 2.22. The van der Waals surface area contributed by atoms with E-state index < -0.39 is 40.2 Å². The Kier molecular flexibility index (Phi) is 10.6. The number of unbranched alkanes of at least 4 members (excludes halogenated alkanes) is 1. The van der Waals surface area contributed by atoms with E-state index in [1.165, 1.54) is 12.0 Å². The summed E-state index contributed by atoms with van der Waals surface area (Å²) in [6.45, 7) is 3.48. The van der Waals surface area contributed by atoms with Gasteiger partial charge in [-0.25, -0.2) is 17.2 Å². The van der Waals surface area contributed by atoms with Gasteiger partial charge in [-0.15, -0.1) is 0 Å². The molecule has 0 saturated carbocycles. The quantitative estimate of drug-likeness (QED) is 0.404. The molecule has 0 spiro atoms. The number of hydrogen-bond donors (Lipinski definition) is 1. The van der Waals surface area contributed by atoms with Crippen LogP contribution in [0.2, 0.25) is 0 Å². The second-order valence-electron chi connectivity index (χ2n) is 8.31. The van der Waals surface area contributed by atoms with E-state index >= 15 is 0 Å². The third-order valence-corrected chi connectivity index (χ3v) is 6.71. The number of hydrogen-bond acceptors (Lipinski definition) is 5. The van der Waals surface area contributed by atoms with Gasteiger partial charge in [0, 0.05) is 19.2 Å². The van der Waals surface area contributed by atoms with E-state index in [9.17, 15) is 26.8 Å². The molecule has 1 atom stereocenters. The molecule has 1 N–H and O–H groups in total. The Balaban J connectivity index is 2.44. The molecule has 2 aromatic rings. The lowest BCUT2D eigenvalue weighted by molar-refractivity contribution is -0.140. The summed E-state index contributed by atoms with van der Waals surface area (Å²) in [6, 6.07) is 8.64. The van der Waals surface area contributed by atoms with Crippen molar-refractivity contribution in [2.75, 3.05) is 30.8 Å². The fraction of sp³-hybridized carbons (Fsp3) is 0.440. The monoisotopic (exact) mass is 525 g/mol. The standard InChI is InChI=1S/C25H33F2N3O5S/c1-5-7-13-28-25(32)23(6-2)29(16-18-9-8-10-20(14-18)35-3)24(31)17-30(36(4,33)34)19-11-12-21(26)22(27)15-19/h8-12,14-15,23H,5-7,13,16-17H2,1-4H3,(H,28,32)/t23-/m0/s1. The number of benzene rings is 2. The summed E-state index contributed by atoms with van der Waals surface area (Å²) in [5.41, 5.74) is 0.466. The van der Waals surface area contributed by atoms with Crippen LogP contribution in [-0.4, -0.2) is 57.6 Å². The first-order valence-corrected chi connectivity index (χ1v) is 13.5. The first kappa shape index (κ1) is 29.0. The number of halogens is 2. The molecule has 11 heteroatoms. The Morgan fingerprint density at radius 1 is 1.08 bits per heavy atom. The summed E-state index contributed by atoms with van der Waals surface area (Å²) < 4.78 is 58.3. The van der Waals surface area contributed by atoms with E-state index in [-0.39, 0.29) is 24.6 Å². The molecule has 36 heavy (non-hydrogen) atoms. The van der Waals surface area contributed by atoms with Crippen LogP contribution < -0.4 is 14.4 Å². The van der Waals surface area contributed by atoms with Crippen molar-refractivity contribution in [2.24, 2.45) is 0 Å². The minimum Gasteiger partial charge on any atom is -0.497 e. The number of ether oxygens (including phenoxy) is 1. The molecule has 2 aromatic carbocycles. The normalized spacial score (nSPS) is 12.1. The molecule has 0 aromatic heterocycles. The second kappa shape index (κ2) is 13.2. The average Bonchev–Trinajstić information content (AvgIpc) is 2.83. The topological polar surface area (TPSA) is 96.0 Å². The number of sulfonamides is 1. The van der Waals surface area contributed by atoms with Crippen LogP contribution in [0, 0.1) is 11.6 Å². The van der Waals surface area contributed by atoms with Crippen molar-refractivity contribution in [2.45, 2.75) is 45.7 Å². The van der Waals surface area contributed by atoms with Crippen LogP contribution >= 0.6 is 0 Å². The molecule has 0 saturated heterocycles. The third kappa shape index (κ3) is 7.91. The number of amides is 2. The maximum Gasteiger partial charge on any atom is 0.244 e. The van der Waals surface area contributed by atoms with Crippen molar-refractivity contribution >= 4 is 27.5 Å². The maximum atomic E-state index is 13.9. The molecule has 0 bridgehead atoms. The second-order valence-corrected chi connectivity index (χ2v) is 10.2. The minimum absolute atomic E-state index is 0.00508. The summed E-state index contributed by atoms with van der Waals surface area (Å²) in [4.78, 5) is 27.8. The van der Waals surface area contributed by atoms with Crippen molar-refractivity contribution in [3.63, 3.8) is 0 Å². The van der Waals surface area contributed by atoms with Gasteiger partial charge in [0.25, 0.3) is 0 Å². The van der Waals surface area contributed by atoms with E-state index in [1.807, 2.05) is 6.92 Å². The highest BCUT2D eigenvalue weighted by Gasteiger charge is 2.32. The van der Waals surface area contributed by atoms with Crippen molar-refractivity contribution in [1.29, 1.82) is 0 Å². The zero-order chi connectivity index (χ0) is 26.9. The number of nitrogens with one attached hydrogen (secondary N) is 1. The zero-order valence-electron chi connectivity index (χ0n) is 21.0. The van der Waals surface area contributed by atoms with Crippen molar-refractivity contribution in [3.05, 3.63) is 59.7 Å². The Morgan fingerprint density at radius 3 is 2.39 bits per heavy atom. The number of carbonyl (C=O) groups is 2. The van der Waals surface area contributed by atoms with E-state index in [4.69, 9.17) is 4.74 Å². The van der Waals surface area contributed by atoms with Crippen molar-refractivity contribution in [3.8, 4) is 5.75 Å². The average molecular weight is 526 g/mol. The molecule has 2 amide bonds. The highest BCUT2D eigenvalue weighted by molar-refractivity contribution is 7.92. The molecule has 0 aliphatic rings. The van der Waals surface area contributed by atoms with Crippen LogP contribution in [0.15, 0.2) is 42.5 Å². The molecule has 0 heterocycles. The molecular weight excluding hydrogens is 492 g/mol. The first-order chi connectivity index (χ1) is 17.0. The van der Waals surface area contributed by atoms with Crippen LogP contribution in [0.1, 0.15) is 38.7 Å². The molecule has 198 valence electrons. The summed E-state index contributed by atoms with van der Waals surface area (Å²) in [5, 5.41) is 2.83. The Labute approximate surface area is 211 Å². The van der Waals surface area contributed by atoms with Gasteiger partial charge in [0.15, 0.2) is 11.6 Å². The largest absolute Gasteiger partial charge is 0.497 e. The number of rotatable bonds is 13. The molecule has 2 rings (SSSR count). The number of methoxy groups -OCH3 is 1. The predicted molar refractivity (Wildman–Crippen MR) is 134 cm³/mol. The summed E-state index contributed by atoms with van der Waals surface area (Å²) in [6.07, 6.45) is 2.78. The summed E-state index contributed by atoms with van der Waals surface area (Å²) in [5.74, 6) is -2.87. The van der Waals surface area contributed by atoms with E-state index in [0.29, 0.717) is 28.2 Å². The summed E-state index contributed by atoms with van der Waals surface area (Å²) >= 11 is 0. The molecule has 0 unspecified atom stereocenters. The molecule has 0 fully saturated rings. The fourth-order valence-electron chi connectivity index (χ4n) is 3.65. The lowest BCUT2D eigenvalue weighted by Gasteiger charge is -2.33. The Bertz CT molecular complexity index is 1160. The highest BCUT2D eigenvalue weighted by atomic mass is 32.2. The van der Waals surface area contributed by atoms with Gasteiger partial charge in [-0.2, -0.15) is 0 Å². The minimum atomic E-state index is -4.05. The Morgan fingerprint density at radius 2 is 1.81 bits per heavy atom. The van der Waals surface area contributed by atoms with Crippen LogP contribution in [0.4, 0.5) is 14.5 Å². The van der Waals surface area contributed by atoms with Gasteiger partial charge in [-0.05, 0) is 42.7 Å². The SMILES string of the molecule is CCCCNC(=O)[C@H](CC)N(Cc1cccc(OC)c1)C(=O)CN(c1ccc(F)c(F)c1)S(C)(=O)=O. The van der Waals surface area contributed by atoms with E-state index in [2.05, 4.69) is 5.32 Å². The smallest absolute Gasteiger partial charge is 0.244 e. The van der Waals surface area contributed by atoms with Crippen LogP contribution in [0.25, 0.3) is 0 Å². The number of anilines is 1. The van der Waals surface area contributed by atoms with Gasteiger partial charge < -0.3 is 15.0 Å². The molecule has 0 aliphatic heterocycles. The number of nitrogens with zero attached hydrogens (tertiary/aromatic N) is 2. The van der Waals surface area contributed by atoms with E-state index in [0.717, 1.165) is 31.2 Å². The molecule has 0 radical (unpaired) electrons. The van der Waals surface area contributed by atoms with Gasteiger partial charge in [0.1, 0.15) is 18.3 Å². The maximum absolute atomic E-state index is 13.9. The zero-order valence-corrected chi connectivity index (χ0v) is 21.8. The number of carbonyl (C=O) groups excluding carboxylic acids is 2. The van der Waals surface area contributed by atoms with Crippen LogP contribution in [0.5, 0.6) is 5.75 Å². The lowest BCUT2D eigenvalue weighted by Crippen LogP contribution is -2.52. The van der Waals surface area contributed by atoms with Crippen molar-refractivity contribution < 1.29 is 31.5 Å². The Hall–Kier alpha value is -3.21. The van der Waals surface area contributed by atoms with Gasteiger partial charge in [0.05, 0.1) is 19.1 Å². The first-order valence-electron chi connectivity index (χ1n) is 11.6. The van der Waals surface area contributed by atoms with Crippen molar-refractivity contribution in [1.82, 2.24) is 10.2 Å². The lowest BCUT2D eigenvalue weighted by atomic mass is 10.1. The molecular formula is C25H33F2N3O5S. The van der Waals surface area contributed by atoms with Crippen LogP contribution in [-0.2, 0) is 26.2 Å². The van der Waals surface area contributed by atoms with Gasteiger partial charge >= 0.3 is 0 Å². The summed E-state index contributed by atoms with van der Waals surface area (Å²) in [7, 11) is -2.55. The van der Waals surface area contributed by atoms with Gasteiger partial charge in [-0.1, -0.05) is 32.4 Å².